The summed E-state index contributed by atoms with van der Waals surface area (Å²) in [6.07, 6.45) is 4.80. The van der Waals surface area contributed by atoms with Gasteiger partial charge in [0.1, 0.15) is 0 Å². The number of hydrogen-bond donors (Lipinski definition) is 1. The zero-order chi connectivity index (χ0) is 13.9. The van der Waals surface area contributed by atoms with Crippen LogP contribution in [0.15, 0.2) is 36.5 Å². The molecule has 1 aliphatic rings. The molecule has 3 rings (SSSR count). The van der Waals surface area contributed by atoms with Crippen LogP contribution in [0.3, 0.4) is 0 Å². The Morgan fingerprint density at radius 1 is 1.30 bits per heavy atom. The molecular formula is C16H19N3O. The highest BCUT2D eigenvalue weighted by atomic mass is 16.2. The fourth-order valence-electron chi connectivity index (χ4n) is 2.53. The van der Waals surface area contributed by atoms with Crippen LogP contribution in [0.5, 0.6) is 0 Å². The first-order valence-electron chi connectivity index (χ1n) is 7.16. The molecule has 0 atom stereocenters. The molecule has 1 aromatic heterocycles. The smallest absolute Gasteiger partial charge is 0.256 e. The second kappa shape index (κ2) is 5.59. The van der Waals surface area contributed by atoms with Crippen LogP contribution >= 0.6 is 0 Å². The Kier molecular flexibility index (Phi) is 3.65. The fraction of sp³-hybridized carbons (Fsp3) is 0.375. The van der Waals surface area contributed by atoms with Gasteiger partial charge in [-0.15, -0.1) is 0 Å². The quantitative estimate of drug-likeness (QED) is 0.905. The number of amides is 1. The van der Waals surface area contributed by atoms with Gasteiger partial charge < -0.3 is 10.6 Å². The first kappa shape index (κ1) is 13.1. The molecule has 0 saturated heterocycles. The zero-order valence-corrected chi connectivity index (χ0v) is 11.5. The van der Waals surface area contributed by atoms with E-state index in [1.54, 1.807) is 6.20 Å². The van der Waals surface area contributed by atoms with Crippen LogP contribution in [0.25, 0.3) is 10.9 Å². The highest BCUT2D eigenvalue weighted by molar-refractivity contribution is 6.05. The molecular weight excluding hydrogens is 250 g/mol. The monoisotopic (exact) mass is 269 g/mol. The molecule has 1 aliphatic carbocycles. The van der Waals surface area contributed by atoms with Gasteiger partial charge in [0.25, 0.3) is 5.91 Å². The summed E-state index contributed by atoms with van der Waals surface area (Å²) in [5, 5.41) is 1.01. The van der Waals surface area contributed by atoms with Gasteiger partial charge in [-0.2, -0.15) is 0 Å². The van der Waals surface area contributed by atoms with Crippen LogP contribution in [-0.4, -0.2) is 34.9 Å². The maximum Gasteiger partial charge on any atom is 0.256 e. The van der Waals surface area contributed by atoms with E-state index in [-0.39, 0.29) is 5.91 Å². The molecule has 20 heavy (non-hydrogen) atoms. The van der Waals surface area contributed by atoms with Gasteiger partial charge in [-0.25, -0.2) is 0 Å². The number of carbonyl (C=O) groups excluding carboxylic acids is 1. The van der Waals surface area contributed by atoms with E-state index >= 15 is 0 Å². The molecule has 1 aromatic carbocycles. The van der Waals surface area contributed by atoms with Crippen LogP contribution < -0.4 is 5.73 Å². The van der Waals surface area contributed by atoms with Crippen molar-refractivity contribution in [3.8, 4) is 0 Å². The summed E-state index contributed by atoms with van der Waals surface area (Å²) in [4.78, 5) is 19.1. The van der Waals surface area contributed by atoms with E-state index in [2.05, 4.69) is 4.98 Å². The Morgan fingerprint density at radius 3 is 2.85 bits per heavy atom. The van der Waals surface area contributed by atoms with Crippen LogP contribution in [0.2, 0.25) is 0 Å². The third kappa shape index (κ3) is 2.51. The molecule has 1 saturated carbocycles. The zero-order valence-electron chi connectivity index (χ0n) is 11.5. The van der Waals surface area contributed by atoms with Crippen LogP contribution in [-0.2, 0) is 0 Å². The number of pyridine rings is 1. The SMILES string of the molecule is NCCCN(C(=O)c1cccc2cccnc12)C1CC1. The van der Waals surface area contributed by atoms with Gasteiger partial charge in [-0.05, 0) is 37.9 Å². The van der Waals surface area contributed by atoms with E-state index < -0.39 is 0 Å². The fourth-order valence-corrected chi connectivity index (χ4v) is 2.53. The molecule has 1 fully saturated rings. The second-order valence-corrected chi connectivity index (χ2v) is 5.25. The van der Waals surface area contributed by atoms with Crippen molar-refractivity contribution in [1.82, 2.24) is 9.88 Å². The van der Waals surface area contributed by atoms with Gasteiger partial charge in [0.2, 0.25) is 0 Å². The molecule has 2 N–H and O–H groups in total. The van der Waals surface area contributed by atoms with Gasteiger partial charge >= 0.3 is 0 Å². The number of hydrogen-bond acceptors (Lipinski definition) is 3. The Morgan fingerprint density at radius 2 is 2.10 bits per heavy atom. The van der Waals surface area contributed by atoms with Gasteiger partial charge in [0.05, 0.1) is 11.1 Å². The van der Waals surface area contributed by atoms with E-state index in [1.165, 1.54) is 0 Å². The largest absolute Gasteiger partial charge is 0.336 e. The number of para-hydroxylation sites is 1. The summed E-state index contributed by atoms with van der Waals surface area (Å²) >= 11 is 0. The van der Waals surface area contributed by atoms with Crippen molar-refractivity contribution >= 4 is 16.8 Å². The van der Waals surface area contributed by atoms with Crippen LogP contribution in [0.1, 0.15) is 29.6 Å². The average Bonchev–Trinajstić information content (AvgIpc) is 3.31. The number of benzene rings is 1. The maximum absolute atomic E-state index is 12.8. The first-order valence-corrected chi connectivity index (χ1v) is 7.16. The molecule has 2 aromatic rings. The minimum absolute atomic E-state index is 0.0882. The van der Waals surface area contributed by atoms with Crippen molar-refractivity contribution in [2.75, 3.05) is 13.1 Å². The third-order valence-corrected chi connectivity index (χ3v) is 3.71. The summed E-state index contributed by atoms with van der Waals surface area (Å²) in [5.74, 6) is 0.0882. The number of nitrogens with two attached hydrogens (primary N) is 1. The highest BCUT2D eigenvalue weighted by Gasteiger charge is 2.33. The predicted molar refractivity (Wildman–Crippen MR) is 79.5 cm³/mol. The first-order chi connectivity index (χ1) is 9.81. The number of fused-ring (bicyclic) bond motifs is 1. The van der Waals surface area contributed by atoms with E-state index in [0.717, 1.165) is 36.7 Å². The highest BCUT2D eigenvalue weighted by Crippen LogP contribution is 2.29. The topological polar surface area (TPSA) is 59.2 Å². The number of nitrogens with zero attached hydrogens (tertiary/aromatic N) is 2. The van der Waals surface area contributed by atoms with Crippen molar-refractivity contribution in [3.05, 3.63) is 42.1 Å². The van der Waals surface area contributed by atoms with E-state index in [4.69, 9.17) is 5.73 Å². The molecule has 1 amide bonds. The minimum atomic E-state index is 0.0882. The summed E-state index contributed by atoms with van der Waals surface area (Å²) < 4.78 is 0. The van der Waals surface area contributed by atoms with E-state index in [1.807, 2.05) is 35.2 Å². The maximum atomic E-state index is 12.8. The third-order valence-electron chi connectivity index (χ3n) is 3.71. The van der Waals surface area contributed by atoms with Crippen molar-refractivity contribution in [2.24, 2.45) is 5.73 Å². The van der Waals surface area contributed by atoms with Crippen molar-refractivity contribution in [3.63, 3.8) is 0 Å². The Labute approximate surface area is 118 Å². The van der Waals surface area contributed by atoms with Crippen molar-refractivity contribution in [2.45, 2.75) is 25.3 Å². The summed E-state index contributed by atoms with van der Waals surface area (Å²) in [5.41, 5.74) is 7.07. The molecule has 4 nitrogen and oxygen atoms in total. The molecule has 1 heterocycles. The van der Waals surface area contributed by atoms with Crippen molar-refractivity contribution < 1.29 is 4.79 Å². The minimum Gasteiger partial charge on any atom is -0.336 e. The van der Waals surface area contributed by atoms with Crippen LogP contribution in [0, 0.1) is 0 Å². The molecule has 4 heteroatoms. The lowest BCUT2D eigenvalue weighted by Crippen LogP contribution is -2.35. The summed E-state index contributed by atoms with van der Waals surface area (Å²) in [6, 6.07) is 10.1. The summed E-state index contributed by atoms with van der Waals surface area (Å²) in [6.45, 7) is 1.35. The van der Waals surface area contributed by atoms with Gasteiger partial charge in [0.15, 0.2) is 0 Å². The Bertz CT molecular complexity index is 617. The average molecular weight is 269 g/mol. The van der Waals surface area contributed by atoms with Gasteiger partial charge in [-0.1, -0.05) is 18.2 Å². The molecule has 0 aliphatic heterocycles. The van der Waals surface area contributed by atoms with Crippen LogP contribution in [0.4, 0.5) is 0 Å². The summed E-state index contributed by atoms with van der Waals surface area (Å²) in [7, 11) is 0. The van der Waals surface area contributed by atoms with Gasteiger partial charge in [0, 0.05) is 24.2 Å². The number of aromatic nitrogens is 1. The van der Waals surface area contributed by atoms with E-state index in [0.29, 0.717) is 18.2 Å². The molecule has 0 bridgehead atoms. The number of rotatable bonds is 5. The molecule has 0 spiro atoms. The Balaban J connectivity index is 1.94. The molecule has 0 unspecified atom stereocenters. The lowest BCUT2D eigenvalue weighted by atomic mass is 10.1. The standard InChI is InChI=1S/C16H19N3O/c17-9-3-11-19(13-7-8-13)16(20)14-6-1-4-12-5-2-10-18-15(12)14/h1-2,4-6,10,13H,3,7-9,11,17H2. The number of carbonyl (C=O) groups is 1. The van der Waals surface area contributed by atoms with Crippen molar-refractivity contribution in [1.29, 1.82) is 0 Å². The van der Waals surface area contributed by atoms with E-state index in [9.17, 15) is 4.79 Å². The predicted octanol–water partition coefficient (Wildman–Crippen LogP) is 2.19. The Hall–Kier alpha value is -1.94. The lowest BCUT2D eigenvalue weighted by molar-refractivity contribution is 0.0744. The normalized spacial score (nSPS) is 14.4. The molecule has 0 radical (unpaired) electrons. The second-order valence-electron chi connectivity index (χ2n) is 5.25. The lowest BCUT2D eigenvalue weighted by Gasteiger charge is -2.22. The molecule has 104 valence electrons. The van der Waals surface area contributed by atoms with Gasteiger partial charge in [-0.3, -0.25) is 9.78 Å².